The zero-order chi connectivity index (χ0) is 12.3. The van der Waals surface area contributed by atoms with Gasteiger partial charge < -0.3 is 10.1 Å². The number of methoxy groups -OCH3 is 1. The van der Waals surface area contributed by atoms with E-state index in [4.69, 9.17) is 4.74 Å². The Morgan fingerprint density at radius 3 is 3.00 bits per heavy atom. The fourth-order valence-electron chi connectivity index (χ4n) is 2.24. The van der Waals surface area contributed by atoms with Gasteiger partial charge in [0, 0.05) is 12.5 Å². The van der Waals surface area contributed by atoms with Crippen LogP contribution >= 0.6 is 0 Å². The molecule has 2 atom stereocenters. The minimum absolute atomic E-state index is 0.0979. The van der Waals surface area contributed by atoms with Crippen molar-refractivity contribution in [1.29, 1.82) is 0 Å². The Morgan fingerprint density at radius 1 is 1.53 bits per heavy atom. The van der Waals surface area contributed by atoms with Crippen LogP contribution in [0.2, 0.25) is 0 Å². The normalized spacial score (nSPS) is 21.5. The van der Waals surface area contributed by atoms with Gasteiger partial charge in [0.25, 0.3) is 0 Å². The highest BCUT2D eigenvalue weighted by Gasteiger charge is 2.25. The molecule has 0 saturated carbocycles. The first-order chi connectivity index (χ1) is 8.22. The Bertz CT molecular complexity index is 378. The van der Waals surface area contributed by atoms with Crippen molar-refractivity contribution in [2.45, 2.75) is 31.5 Å². The van der Waals surface area contributed by atoms with Gasteiger partial charge in [-0.3, -0.25) is 0 Å². The van der Waals surface area contributed by atoms with Crippen LogP contribution < -0.4 is 10.1 Å². The molecule has 1 aliphatic rings. The maximum Gasteiger partial charge on any atom is 0.168 e. The summed E-state index contributed by atoms with van der Waals surface area (Å²) >= 11 is 0. The van der Waals surface area contributed by atoms with Crippen molar-refractivity contribution >= 4 is 0 Å². The summed E-state index contributed by atoms with van der Waals surface area (Å²) < 4.78 is 32.6. The van der Waals surface area contributed by atoms with Crippen molar-refractivity contribution in [2.75, 3.05) is 13.7 Å². The van der Waals surface area contributed by atoms with E-state index in [1.165, 1.54) is 7.11 Å². The van der Waals surface area contributed by atoms with Crippen molar-refractivity contribution in [1.82, 2.24) is 5.32 Å². The average Bonchev–Trinajstić information content (AvgIpc) is 2.85. The van der Waals surface area contributed by atoms with Crippen molar-refractivity contribution < 1.29 is 13.5 Å². The van der Waals surface area contributed by atoms with Gasteiger partial charge in [-0.15, -0.1) is 0 Å². The van der Waals surface area contributed by atoms with Crippen molar-refractivity contribution in [3.63, 3.8) is 0 Å². The maximum absolute atomic E-state index is 13.9. The van der Waals surface area contributed by atoms with E-state index in [-0.39, 0.29) is 18.2 Å². The molecule has 0 spiro atoms. The van der Waals surface area contributed by atoms with Crippen LogP contribution in [0, 0.1) is 5.82 Å². The summed E-state index contributed by atoms with van der Waals surface area (Å²) in [6.07, 6.45) is 0.873. The van der Waals surface area contributed by atoms with Gasteiger partial charge in [0.05, 0.1) is 7.11 Å². The zero-order valence-corrected chi connectivity index (χ0v) is 9.88. The number of alkyl halides is 1. The van der Waals surface area contributed by atoms with E-state index in [0.29, 0.717) is 5.56 Å². The predicted molar refractivity (Wildman–Crippen MR) is 62.6 cm³/mol. The summed E-state index contributed by atoms with van der Waals surface area (Å²) in [5, 5.41) is 3.10. The number of hydrogen-bond donors (Lipinski definition) is 1. The second-order valence-electron chi connectivity index (χ2n) is 4.36. The molecule has 17 heavy (non-hydrogen) atoms. The topological polar surface area (TPSA) is 21.3 Å². The Morgan fingerprint density at radius 2 is 2.35 bits per heavy atom. The number of hydrogen-bond acceptors (Lipinski definition) is 2. The molecule has 94 valence electrons. The van der Waals surface area contributed by atoms with Gasteiger partial charge in [-0.05, 0) is 31.0 Å². The van der Waals surface area contributed by atoms with Crippen LogP contribution in [-0.4, -0.2) is 25.9 Å². The summed E-state index contributed by atoms with van der Waals surface area (Å²) in [6, 6.07) is 4.70. The fourth-order valence-corrected chi connectivity index (χ4v) is 2.24. The molecule has 4 heteroatoms. The van der Waals surface area contributed by atoms with Crippen LogP contribution in [0.3, 0.4) is 0 Å². The zero-order valence-electron chi connectivity index (χ0n) is 9.88. The smallest absolute Gasteiger partial charge is 0.168 e. The third kappa shape index (κ3) is 2.75. The van der Waals surface area contributed by atoms with Crippen LogP contribution in [0.15, 0.2) is 18.2 Å². The molecule has 1 aliphatic heterocycles. The van der Waals surface area contributed by atoms with E-state index in [2.05, 4.69) is 5.32 Å². The summed E-state index contributed by atoms with van der Waals surface area (Å²) in [4.78, 5) is 0. The molecule has 0 aromatic heterocycles. The highest BCUT2D eigenvalue weighted by Crippen LogP contribution is 2.23. The number of benzene rings is 1. The first-order valence-electron chi connectivity index (χ1n) is 5.91. The molecule has 1 N–H and O–H groups in total. The molecule has 2 unspecified atom stereocenters. The van der Waals surface area contributed by atoms with Gasteiger partial charge in [0.2, 0.25) is 0 Å². The van der Waals surface area contributed by atoms with Crippen LogP contribution in [0.25, 0.3) is 0 Å². The summed E-state index contributed by atoms with van der Waals surface area (Å²) in [5.74, 6) is -0.273. The molecular weight excluding hydrogens is 224 g/mol. The maximum atomic E-state index is 13.9. The Hall–Kier alpha value is -1.16. The Balaban J connectivity index is 2.07. The molecule has 0 radical (unpaired) electrons. The van der Waals surface area contributed by atoms with Gasteiger partial charge in [-0.1, -0.05) is 12.1 Å². The monoisotopic (exact) mass is 241 g/mol. The number of halogens is 2. The van der Waals surface area contributed by atoms with Crippen LogP contribution in [-0.2, 0) is 6.42 Å². The molecule has 1 aromatic carbocycles. The first kappa shape index (κ1) is 12.3. The molecule has 2 rings (SSSR count). The van der Waals surface area contributed by atoms with Crippen LogP contribution in [0.1, 0.15) is 18.4 Å². The molecule has 0 aliphatic carbocycles. The average molecular weight is 241 g/mol. The van der Waals surface area contributed by atoms with E-state index >= 15 is 0 Å². The van der Waals surface area contributed by atoms with E-state index < -0.39 is 12.0 Å². The fraction of sp³-hybridized carbons (Fsp3) is 0.538. The third-order valence-corrected chi connectivity index (χ3v) is 3.21. The molecule has 2 nitrogen and oxygen atoms in total. The van der Waals surface area contributed by atoms with Gasteiger partial charge in [0.1, 0.15) is 6.17 Å². The van der Waals surface area contributed by atoms with Crippen molar-refractivity contribution in [3.8, 4) is 5.75 Å². The molecule has 1 fully saturated rings. The minimum Gasteiger partial charge on any atom is -0.494 e. The number of ether oxygens (including phenoxy) is 1. The Labute approximate surface area is 100.0 Å². The lowest BCUT2D eigenvalue weighted by Gasteiger charge is -2.16. The molecular formula is C13H17F2NO. The number of rotatable bonds is 4. The molecule has 0 bridgehead atoms. The molecule has 1 aromatic rings. The molecule has 0 amide bonds. The van der Waals surface area contributed by atoms with Crippen molar-refractivity contribution in [3.05, 3.63) is 29.6 Å². The van der Waals surface area contributed by atoms with Crippen LogP contribution in [0.5, 0.6) is 5.75 Å². The SMILES string of the molecule is COc1cccc(CC(F)C2CCCN2)c1F. The van der Waals surface area contributed by atoms with E-state index in [9.17, 15) is 8.78 Å². The van der Waals surface area contributed by atoms with Crippen LogP contribution in [0.4, 0.5) is 8.78 Å². The lowest BCUT2D eigenvalue weighted by atomic mass is 10.0. The molecule has 1 saturated heterocycles. The molecule has 1 heterocycles. The van der Waals surface area contributed by atoms with Gasteiger partial charge in [-0.25, -0.2) is 8.78 Å². The summed E-state index contributed by atoms with van der Waals surface area (Å²) in [6.45, 7) is 0.853. The number of nitrogens with one attached hydrogen (secondary N) is 1. The lowest BCUT2D eigenvalue weighted by Crippen LogP contribution is -2.33. The first-order valence-corrected chi connectivity index (χ1v) is 5.91. The van der Waals surface area contributed by atoms with Gasteiger partial charge in [-0.2, -0.15) is 0 Å². The quantitative estimate of drug-likeness (QED) is 0.874. The van der Waals surface area contributed by atoms with Gasteiger partial charge in [0.15, 0.2) is 11.6 Å². The third-order valence-electron chi connectivity index (χ3n) is 3.21. The lowest BCUT2D eigenvalue weighted by molar-refractivity contribution is 0.260. The largest absolute Gasteiger partial charge is 0.494 e. The van der Waals surface area contributed by atoms with E-state index in [0.717, 1.165) is 19.4 Å². The Kier molecular flexibility index (Phi) is 3.94. The highest BCUT2D eigenvalue weighted by atomic mass is 19.1. The minimum atomic E-state index is -1.04. The predicted octanol–water partition coefficient (Wildman–Crippen LogP) is 2.47. The van der Waals surface area contributed by atoms with E-state index in [1.54, 1.807) is 18.2 Å². The summed E-state index contributed by atoms with van der Waals surface area (Å²) in [7, 11) is 1.41. The van der Waals surface area contributed by atoms with Crippen molar-refractivity contribution in [2.24, 2.45) is 0 Å². The second-order valence-corrected chi connectivity index (χ2v) is 4.36. The summed E-state index contributed by atoms with van der Waals surface area (Å²) in [5.41, 5.74) is 0.380. The second kappa shape index (κ2) is 5.45. The van der Waals surface area contributed by atoms with E-state index in [1.807, 2.05) is 0 Å². The standard InChI is InChI=1S/C13H17F2NO/c1-17-12-6-2-4-9(13(12)15)8-10(14)11-5-3-7-16-11/h2,4,6,10-11,16H,3,5,7-8H2,1H3. The van der Waals surface area contributed by atoms with Gasteiger partial charge >= 0.3 is 0 Å². The highest BCUT2D eigenvalue weighted by molar-refractivity contribution is 5.31.